The van der Waals surface area contributed by atoms with Crippen LogP contribution in [0.15, 0.2) is 18.2 Å². The Hall–Kier alpha value is -0.530. The molecule has 0 spiro atoms. The standard InChI is InChI=1S/C18H24ClN/c1-20-9-8-15-13(11-20)4-7-17-16(15)6-3-12-2-5-14(19)10-18(12)17/h2,5,10,13,15-17H,3-4,6-9,11H2,1H3. The highest BCUT2D eigenvalue weighted by Crippen LogP contribution is 2.52. The predicted octanol–water partition coefficient (Wildman–Crippen LogP) is 4.35. The normalized spacial score (nSPS) is 36.9. The molecule has 1 saturated carbocycles. The molecule has 4 rings (SSSR count). The highest BCUT2D eigenvalue weighted by atomic mass is 35.5. The first-order valence-corrected chi connectivity index (χ1v) is 8.57. The molecule has 20 heavy (non-hydrogen) atoms. The van der Waals surface area contributed by atoms with E-state index in [9.17, 15) is 0 Å². The molecule has 0 N–H and O–H groups in total. The van der Waals surface area contributed by atoms with Crippen LogP contribution in [0, 0.1) is 17.8 Å². The second-order valence-corrected chi connectivity index (χ2v) is 7.64. The molecule has 4 atom stereocenters. The van der Waals surface area contributed by atoms with Gasteiger partial charge in [-0.05, 0) is 92.6 Å². The van der Waals surface area contributed by atoms with E-state index in [0.717, 1.165) is 28.7 Å². The van der Waals surface area contributed by atoms with Crippen molar-refractivity contribution in [3.63, 3.8) is 0 Å². The Morgan fingerprint density at radius 3 is 2.90 bits per heavy atom. The van der Waals surface area contributed by atoms with Crippen LogP contribution in [0.5, 0.6) is 0 Å². The fourth-order valence-corrected chi connectivity index (χ4v) is 5.45. The van der Waals surface area contributed by atoms with Crippen LogP contribution in [0.2, 0.25) is 5.02 Å². The number of aryl methyl sites for hydroxylation is 1. The van der Waals surface area contributed by atoms with Crippen molar-refractivity contribution in [3.05, 3.63) is 34.3 Å². The molecule has 1 aliphatic heterocycles. The molecule has 1 nitrogen and oxygen atoms in total. The van der Waals surface area contributed by atoms with Gasteiger partial charge >= 0.3 is 0 Å². The quantitative estimate of drug-likeness (QED) is 0.686. The van der Waals surface area contributed by atoms with Crippen LogP contribution >= 0.6 is 11.6 Å². The number of likely N-dealkylation sites (tertiary alicyclic amines) is 1. The van der Waals surface area contributed by atoms with Gasteiger partial charge in [-0.1, -0.05) is 17.7 Å². The predicted molar refractivity (Wildman–Crippen MR) is 84.3 cm³/mol. The minimum atomic E-state index is 0.794. The topological polar surface area (TPSA) is 3.24 Å². The van der Waals surface area contributed by atoms with Crippen molar-refractivity contribution in [1.29, 1.82) is 0 Å². The zero-order valence-corrected chi connectivity index (χ0v) is 13.1. The van der Waals surface area contributed by atoms with Crippen molar-refractivity contribution in [2.75, 3.05) is 20.1 Å². The van der Waals surface area contributed by atoms with Gasteiger partial charge in [0.25, 0.3) is 0 Å². The molecule has 1 aromatic carbocycles. The van der Waals surface area contributed by atoms with Gasteiger partial charge in [0.05, 0.1) is 0 Å². The smallest absolute Gasteiger partial charge is 0.0409 e. The van der Waals surface area contributed by atoms with E-state index in [0.29, 0.717) is 0 Å². The Morgan fingerprint density at radius 1 is 1.10 bits per heavy atom. The molecule has 0 aromatic heterocycles. The maximum atomic E-state index is 6.26. The van der Waals surface area contributed by atoms with Crippen molar-refractivity contribution in [3.8, 4) is 0 Å². The fourth-order valence-electron chi connectivity index (χ4n) is 5.27. The molecule has 2 fully saturated rings. The van der Waals surface area contributed by atoms with Crippen molar-refractivity contribution in [2.45, 2.75) is 38.0 Å². The van der Waals surface area contributed by atoms with Gasteiger partial charge in [-0.3, -0.25) is 0 Å². The van der Waals surface area contributed by atoms with Crippen molar-refractivity contribution < 1.29 is 0 Å². The van der Waals surface area contributed by atoms with Crippen molar-refractivity contribution in [2.24, 2.45) is 17.8 Å². The Kier molecular flexibility index (Phi) is 3.31. The molecule has 2 heteroatoms. The van der Waals surface area contributed by atoms with Gasteiger partial charge in [-0.25, -0.2) is 0 Å². The van der Waals surface area contributed by atoms with Crippen molar-refractivity contribution >= 4 is 11.6 Å². The lowest BCUT2D eigenvalue weighted by Gasteiger charge is -2.50. The number of piperidine rings is 1. The van der Waals surface area contributed by atoms with Crippen LogP contribution in [0.25, 0.3) is 0 Å². The number of hydrogen-bond acceptors (Lipinski definition) is 1. The van der Waals surface area contributed by atoms with E-state index in [1.807, 2.05) is 0 Å². The van der Waals surface area contributed by atoms with Gasteiger partial charge in [0, 0.05) is 11.6 Å². The maximum absolute atomic E-state index is 6.26. The van der Waals surface area contributed by atoms with Crippen LogP contribution in [-0.2, 0) is 6.42 Å². The van der Waals surface area contributed by atoms with Gasteiger partial charge in [-0.2, -0.15) is 0 Å². The lowest BCUT2D eigenvalue weighted by Crippen LogP contribution is -2.46. The molecule has 2 aliphatic carbocycles. The number of benzene rings is 1. The van der Waals surface area contributed by atoms with E-state index >= 15 is 0 Å². The lowest BCUT2D eigenvalue weighted by molar-refractivity contribution is 0.0385. The van der Waals surface area contributed by atoms with E-state index < -0.39 is 0 Å². The highest BCUT2D eigenvalue weighted by molar-refractivity contribution is 6.30. The summed E-state index contributed by atoms with van der Waals surface area (Å²) in [6, 6.07) is 6.61. The first-order chi connectivity index (χ1) is 9.72. The molecule has 0 radical (unpaired) electrons. The van der Waals surface area contributed by atoms with Crippen LogP contribution in [0.1, 0.15) is 42.7 Å². The molecule has 4 unspecified atom stereocenters. The number of nitrogens with zero attached hydrogens (tertiary/aromatic N) is 1. The monoisotopic (exact) mass is 289 g/mol. The third-order valence-corrected chi connectivity index (χ3v) is 6.40. The van der Waals surface area contributed by atoms with Crippen molar-refractivity contribution in [1.82, 2.24) is 4.90 Å². The Bertz CT molecular complexity index is 512. The van der Waals surface area contributed by atoms with Gasteiger partial charge in [0.2, 0.25) is 0 Å². The summed E-state index contributed by atoms with van der Waals surface area (Å²) in [5.74, 6) is 3.64. The summed E-state index contributed by atoms with van der Waals surface area (Å²) in [6.07, 6.45) is 6.89. The number of halogens is 1. The lowest BCUT2D eigenvalue weighted by atomic mass is 9.58. The highest BCUT2D eigenvalue weighted by Gasteiger charge is 2.43. The molecule has 3 aliphatic rings. The molecule has 0 amide bonds. The van der Waals surface area contributed by atoms with E-state index in [-0.39, 0.29) is 0 Å². The van der Waals surface area contributed by atoms with E-state index in [2.05, 4.69) is 30.1 Å². The number of rotatable bonds is 0. The number of fused-ring (bicyclic) bond motifs is 5. The Morgan fingerprint density at radius 2 is 2.00 bits per heavy atom. The average molecular weight is 290 g/mol. The molecular weight excluding hydrogens is 266 g/mol. The first-order valence-electron chi connectivity index (χ1n) is 8.19. The molecule has 1 saturated heterocycles. The average Bonchev–Trinajstić information content (AvgIpc) is 2.46. The van der Waals surface area contributed by atoms with E-state index in [1.54, 1.807) is 11.1 Å². The minimum absolute atomic E-state index is 0.794. The molecule has 1 heterocycles. The van der Waals surface area contributed by atoms with Gasteiger partial charge in [0.15, 0.2) is 0 Å². The van der Waals surface area contributed by atoms with E-state index in [1.165, 1.54) is 45.2 Å². The van der Waals surface area contributed by atoms with Gasteiger partial charge < -0.3 is 4.90 Å². The first kappa shape index (κ1) is 13.2. The molecule has 108 valence electrons. The molecular formula is C18H24ClN. The Labute approximate surface area is 127 Å². The second kappa shape index (κ2) is 5.03. The minimum Gasteiger partial charge on any atom is -0.306 e. The Balaban J connectivity index is 1.65. The van der Waals surface area contributed by atoms with Crippen LogP contribution < -0.4 is 0 Å². The maximum Gasteiger partial charge on any atom is 0.0409 e. The third kappa shape index (κ3) is 2.10. The van der Waals surface area contributed by atoms with Gasteiger partial charge in [0.1, 0.15) is 0 Å². The fraction of sp³-hybridized carbons (Fsp3) is 0.667. The zero-order valence-electron chi connectivity index (χ0n) is 12.3. The van der Waals surface area contributed by atoms with Crippen LogP contribution in [0.4, 0.5) is 0 Å². The summed E-state index contributed by atoms with van der Waals surface area (Å²) in [6.45, 7) is 2.63. The summed E-state index contributed by atoms with van der Waals surface area (Å²) in [5, 5.41) is 0.926. The second-order valence-electron chi connectivity index (χ2n) is 7.20. The number of hydrogen-bond donors (Lipinski definition) is 0. The van der Waals surface area contributed by atoms with E-state index in [4.69, 9.17) is 11.6 Å². The van der Waals surface area contributed by atoms with Crippen LogP contribution in [0.3, 0.4) is 0 Å². The SMILES string of the molecule is CN1CCC2C(CCC3c4cc(Cl)ccc4CCC32)C1. The van der Waals surface area contributed by atoms with Gasteiger partial charge in [-0.15, -0.1) is 0 Å². The van der Waals surface area contributed by atoms with Crippen LogP contribution in [-0.4, -0.2) is 25.0 Å². The zero-order chi connectivity index (χ0) is 13.7. The summed E-state index contributed by atoms with van der Waals surface area (Å²) in [4.78, 5) is 2.54. The summed E-state index contributed by atoms with van der Waals surface area (Å²) in [5.41, 5.74) is 3.16. The molecule has 0 bridgehead atoms. The summed E-state index contributed by atoms with van der Waals surface area (Å²) >= 11 is 6.26. The summed E-state index contributed by atoms with van der Waals surface area (Å²) < 4.78 is 0. The largest absolute Gasteiger partial charge is 0.306 e. The third-order valence-electron chi connectivity index (χ3n) is 6.17. The summed E-state index contributed by atoms with van der Waals surface area (Å²) in [7, 11) is 2.29. The molecule has 1 aromatic rings.